The Labute approximate surface area is 190 Å². The lowest BCUT2D eigenvalue weighted by Crippen LogP contribution is -2.52. The molecule has 0 bridgehead atoms. The van der Waals surface area contributed by atoms with Gasteiger partial charge in [-0.1, -0.05) is 22.6 Å². The van der Waals surface area contributed by atoms with Gasteiger partial charge in [0.25, 0.3) is 0 Å². The first-order chi connectivity index (χ1) is 15.1. The molecule has 1 aromatic rings. The lowest BCUT2D eigenvalue weighted by molar-refractivity contribution is -0.136. The highest BCUT2D eigenvalue weighted by Crippen LogP contribution is 2.33. The molecule has 1 aromatic carbocycles. The van der Waals surface area contributed by atoms with Crippen LogP contribution in [0.3, 0.4) is 0 Å². The summed E-state index contributed by atoms with van der Waals surface area (Å²) in [5.74, 6) is 3.85. The first-order valence-corrected chi connectivity index (χ1v) is 12.8. The number of carbonyl (C=O) groups excluding carboxylic acids is 1. The number of benzene rings is 1. The van der Waals surface area contributed by atoms with E-state index in [1.165, 1.54) is 6.42 Å². The minimum Gasteiger partial charge on any atom is -0.493 e. The van der Waals surface area contributed by atoms with Gasteiger partial charge in [0.05, 0.1) is 12.6 Å². The van der Waals surface area contributed by atoms with Gasteiger partial charge in [-0.2, -0.15) is 13.2 Å². The number of nitrogens with zero attached hydrogens (tertiary/aromatic N) is 1. The second-order valence-corrected chi connectivity index (χ2v) is 10.5. The fraction of sp³-hybridized carbons (Fsp3) is 0.652. The molecule has 0 heterocycles. The number of ether oxygens (including phenoxy) is 1. The van der Waals surface area contributed by atoms with Gasteiger partial charge < -0.3 is 20.1 Å². The van der Waals surface area contributed by atoms with Crippen molar-refractivity contribution in [2.24, 2.45) is 17.6 Å². The molecule has 180 valence electrons. The Morgan fingerprint density at radius 2 is 1.97 bits per heavy atom. The summed E-state index contributed by atoms with van der Waals surface area (Å²) in [6.45, 7) is 0.542. The Hall–Kier alpha value is -1.74. The van der Waals surface area contributed by atoms with Crippen molar-refractivity contribution in [3.8, 4) is 5.75 Å². The normalized spacial score (nSPS) is 23.7. The van der Waals surface area contributed by atoms with E-state index in [2.05, 4.69) is 10.6 Å². The maximum absolute atomic E-state index is 12.7. The summed E-state index contributed by atoms with van der Waals surface area (Å²) in [5.41, 5.74) is 6.87. The van der Waals surface area contributed by atoms with Crippen LogP contribution in [0.1, 0.15) is 44.9 Å². The van der Waals surface area contributed by atoms with Gasteiger partial charge in [-0.05, 0) is 68.9 Å². The SMILES string of the molecule is C=S(CC(F)(F)F)Nc1cccc(OCC2CCC([C@H](N)C(=O)N(C)C3CCC3)CC2)c1. The molecule has 32 heavy (non-hydrogen) atoms. The average Bonchev–Trinajstić information content (AvgIpc) is 2.69. The third-order valence-corrected chi connectivity index (χ3v) is 7.77. The molecule has 0 saturated heterocycles. The fourth-order valence-corrected chi connectivity index (χ4v) is 5.30. The van der Waals surface area contributed by atoms with E-state index in [-0.39, 0.29) is 11.8 Å². The van der Waals surface area contributed by atoms with E-state index in [1.807, 2.05) is 11.9 Å². The molecular formula is C23H34F3N3O2S. The predicted octanol–water partition coefficient (Wildman–Crippen LogP) is 4.80. The second-order valence-electron chi connectivity index (χ2n) is 9.03. The number of hydrogen-bond acceptors (Lipinski definition) is 4. The van der Waals surface area contributed by atoms with Crippen LogP contribution in [0.25, 0.3) is 0 Å². The standard InChI is InChI=1S/C23H34F3N3O2S/c1-29(19-6-4-7-19)22(30)21(27)17-11-9-16(10-12-17)14-31-20-8-3-5-18(13-20)28-32(2)15-23(24,25)26/h3,5,8,13,16-17,19,21,28H,2,4,6-7,9-12,14-15,27H2,1H3/t16?,17?,21-,32?/m0/s1. The zero-order chi connectivity index (χ0) is 23.3. The van der Waals surface area contributed by atoms with Crippen LogP contribution in [-0.4, -0.2) is 54.3 Å². The van der Waals surface area contributed by atoms with E-state index in [0.717, 1.165) is 38.5 Å². The van der Waals surface area contributed by atoms with Crippen molar-refractivity contribution in [2.45, 2.75) is 63.2 Å². The largest absolute Gasteiger partial charge is 0.493 e. The van der Waals surface area contributed by atoms with Crippen LogP contribution in [0.4, 0.5) is 18.9 Å². The summed E-state index contributed by atoms with van der Waals surface area (Å²) in [6, 6.07) is 6.89. The highest BCUT2D eigenvalue weighted by atomic mass is 32.2. The summed E-state index contributed by atoms with van der Waals surface area (Å²) in [6.07, 6.45) is 2.80. The zero-order valence-corrected chi connectivity index (χ0v) is 19.4. The molecule has 2 atom stereocenters. The van der Waals surface area contributed by atoms with Gasteiger partial charge in [0.15, 0.2) is 0 Å². The molecular weight excluding hydrogens is 439 g/mol. The lowest BCUT2D eigenvalue weighted by Gasteiger charge is -2.38. The van der Waals surface area contributed by atoms with Gasteiger partial charge in [0.1, 0.15) is 11.5 Å². The second kappa shape index (κ2) is 10.9. The van der Waals surface area contributed by atoms with E-state index in [1.54, 1.807) is 24.3 Å². The summed E-state index contributed by atoms with van der Waals surface area (Å²) in [7, 11) is 0.623. The fourth-order valence-electron chi connectivity index (χ4n) is 4.37. The highest BCUT2D eigenvalue weighted by molar-refractivity contribution is 8.15. The van der Waals surface area contributed by atoms with Crippen LogP contribution in [0.15, 0.2) is 24.3 Å². The Bertz CT molecular complexity index is 793. The summed E-state index contributed by atoms with van der Waals surface area (Å²) < 4.78 is 46.2. The zero-order valence-electron chi connectivity index (χ0n) is 18.6. The number of carbonyl (C=O) groups is 1. The van der Waals surface area contributed by atoms with Gasteiger partial charge in [-0.25, -0.2) is 0 Å². The maximum atomic E-state index is 12.7. The molecule has 1 unspecified atom stereocenters. The lowest BCUT2D eigenvalue weighted by atomic mass is 9.78. The Balaban J connectivity index is 1.42. The number of nitrogens with two attached hydrogens (primary N) is 1. The number of alkyl halides is 3. The quantitative estimate of drug-likeness (QED) is 0.506. The van der Waals surface area contributed by atoms with Crippen LogP contribution in [-0.2, 0) is 4.79 Å². The first kappa shape index (κ1) is 24.9. The average molecular weight is 474 g/mol. The number of anilines is 1. The summed E-state index contributed by atoms with van der Waals surface area (Å²) in [5, 5.41) is 0. The number of rotatable bonds is 9. The molecule has 0 aliphatic heterocycles. The van der Waals surface area contributed by atoms with Gasteiger partial charge in [-0.3, -0.25) is 4.79 Å². The smallest absolute Gasteiger partial charge is 0.399 e. The maximum Gasteiger partial charge on any atom is 0.399 e. The third-order valence-electron chi connectivity index (χ3n) is 6.57. The van der Waals surface area contributed by atoms with E-state index < -0.39 is 28.6 Å². The number of amides is 1. The molecule has 3 rings (SSSR count). The number of likely N-dealkylation sites (N-methyl/N-ethyl adjacent to an activating group) is 1. The predicted molar refractivity (Wildman–Crippen MR) is 125 cm³/mol. The van der Waals surface area contributed by atoms with Crippen molar-refractivity contribution < 1.29 is 22.7 Å². The van der Waals surface area contributed by atoms with Crippen molar-refractivity contribution in [2.75, 3.05) is 24.1 Å². The molecule has 2 fully saturated rings. The Morgan fingerprint density at radius 3 is 2.56 bits per heavy atom. The van der Waals surface area contributed by atoms with Crippen molar-refractivity contribution in [1.29, 1.82) is 0 Å². The van der Waals surface area contributed by atoms with Crippen LogP contribution in [0, 0.1) is 11.8 Å². The topological polar surface area (TPSA) is 67.6 Å². The molecule has 3 N–H and O–H groups in total. The van der Waals surface area contributed by atoms with E-state index in [9.17, 15) is 18.0 Å². The Morgan fingerprint density at radius 1 is 1.28 bits per heavy atom. The van der Waals surface area contributed by atoms with Crippen LogP contribution in [0.2, 0.25) is 0 Å². The van der Waals surface area contributed by atoms with Crippen molar-refractivity contribution >= 4 is 28.1 Å². The molecule has 2 aliphatic carbocycles. The van der Waals surface area contributed by atoms with E-state index in [4.69, 9.17) is 10.5 Å². The van der Waals surface area contributed by atoms with E-state index in [0.29, 0.717) is 30.0 Å². The Kier molecular flexibility index (Phi) is 8.49. The van der Waals surface area contributed by atoms with Crippen molar-refractivity contribution in [3.63, 3.8) is 0 Å². The van der Waals surface area contributed by atoms with Gasteiger partial charge >= 0.3 is 6.18 Å². The molecule has 9 heteroatoms. The van der Waals surface area contributed by atoms with Crippen LogP contribution < -0.4 is 15.2 Å². The molecule has 0 radical (unpaired) electrons. The molecule has 0 spiro atoms. The van der Waals surface area contributed by atoms with Crippen molar-refractivity contribution in [3.05, 3.63) is 24.3 Å². The monoisotopic (exact) mass is 473 g/mol. The highest BCUT2D eigenvalue weighted by Gasteiger charge is 2.34. The van der Waals surface area contributed by atoms with Gasteiger partial charge in [0, 0.05) is 24.8 Å². The number of halogens is 3. The van der Waals surface area contributed by atoms with Crippen molar-refractivity contribution in [1.82, 2.24) is 4.90 Å². The molecule has 2 saturated carbocycles. The van der Waals surface area contributed by atoms with Gasteiger partial charge in [-0.15, -0.1) is 0 Å². The van der Waals surface area contributed by atoms with Crippen LogP contribution >= 0.6 is 10.7 Å². The molecule has 1 amide bonds. The third kappa shape index (κ3) is 7.13. The number of hydrogen-bond donors (Lipinski definition) is 2. The minimum absolute atomic E-state index is 0.0636. The summed E-state index contributed by atoms with van der Waals surface area (Å²) in [4.78, 5) is 14.5. The first-order valence-electron chi connectivity index (χ1n) is 11.2. The summed E-state index contributed by atoms with van der Waals surface area (Å²) >= 11 is 0. The number of nitrogens with one attached hydrogen (secondary N) is 1. The molecule has 5 nitrogen and oxygen atoms in total. The molecule has 2 aliphatic rings. The molecule has 0 aromatic heterocycles. The van der Waals surface area contributed by atoms with Crippen LogP contribution in [0.5, 0.6) is 5.75 Å². The minimum atomic E-state index is -4.25. The van der Waals surface area contributed by atoms with E-state index >= 15 is 0 Å². The van der Waals surface area contributed by atoms with Gasteiger partial charge in [0.2, 0.25) is 5.91 Å².